The summed E-state index contributed by atoms with van der Waals surface area (Å²) < 4.78 is 0. The van der Waals surface area contributed by atoms with Gasteiger partial charge in [-0.3, -0.25) is 9.59 Å². The summed E-state index contributed by atoms with van der Waals surface area (Å²) in [7, 11) is 0. The molecule has 0 fully saturated rings. The molecule has 1 rings (SSSR count). The molecule has 1 heterocycles. The van der Waals surface area contributed by atoms with Crippen LogP contribution in [0.1, 0.15) is 24.5 Å². The van der Waals surface area contributed by atoms with Gasteiger partial charge in [0.25, 0.3) is 0 Å². The lowest BCUT2D eigenvalue weighted by Crippen LogP contribution is -2.28. The molecule has 82 valence electrons. The largest absolute Gasteiger partial charge is 0.481 e. The predicted octanol–water partition coefficient (Wildman–Crippen LogP) is 1.13. The van der Waals surface area contributed by atoms with Crippen molar-refractivity contribution in [1.82, 2.24) is 4.98 Å². The molecule has 0 aromatic carbocycles. The van der Waals surface area contributed by atoms with Crippen molar-refractivity contribution < 1.29 is 19.8 Å². The molecular weight excluding hydrogens is 218 g/mol. The molecule has 0 unspecified atom stereocenters. The third-order valence-corrected chi connectivity index (χ3v) is 3.17. The highest BCUT2D eigenvalue weighted by molar-refractivity contribution is 7.10. The fourth-order valence-electron chi connectivity index (χ4n) is 0.922. The molecule has 0 amide bonds. The molecule has 1 aromatic rings. The third kappa shape index (κ3) is 2.53. The monoisotopic (exact) mass is 229 g/mol. The van der Waals surface area contributed by atoms with Gasteiger partial charge >= 0.3 is 11.9 Å². The number of aliphatic carboxylic acids is 2. The smallest absolute Gasteiger partial charge is 0.316 e. The maximum atomic E-state index is 10.9. The number of hydrogen-bond donors (Lipinski definition) is 2. The predicted molar refractivity (Wildman–Crippen MR) is 54.1 cm³/mol. The van der Waals surface area contributed by atoms with E-state index in [9.17, 15) is 9.59 Å². The number of hydrogen-bond acceptors (Lipinski definition) is 4. The van der Waals surface area contributed by atoms with Crippen LogP contribution in [-0.2, 0) is 21.4 Å². The molecule has 0 saturated heterocycles. The Balaban J connectivity index is 2.93. The molecule has 2 N–H and O–H groups in total. The number of nitrogens with zero attached hydrogens (tertiary/aromatic N) is 1. The van der Waals surface area contributed by atoms with Crippen molar-refractivity contribution in [3.63, 3.8) is 0 Å². The van der Waals surface area contributed by atoms with Gasteiger partial charge < -0.3 is 10.2 Å². The van der Waals surface area contributed by atoms with E-state index in [-0.39, 0.29) is 6.42 Å². The Kier molecular flexibility index (Phi) is 3.09. The Morgan fingerprint density at radius 1 is 1.47 bits per heavy atom. The van der Waals surface area contributed by atoms with Crippen molar-refractivity contribution in [2.24, 2.45) is 0 Å². The van der Waals surface area contributed by atoms with Gasteiger partial charge in [0, 0.05) is 5.38 Å². The summed E-state index contributed by atoms with van der Waals surface area (Å²) >= 11 is 1.17. The van der Waals surface area contributed by atoms with Crippen LogP contribution in [0, 0.1) is 0 Å². The van der Waals surface area contributed by atoms with E-state index in [1.807, 2.05) is 0 Å². The van der Waals surface area contributed by atoms with E-state index in [2.05, 4.69) is 4.98 Å². The zero-order valence-electron chi connectivity index (χ0n) is 8.35. The minimum Gasteiger partial charge on any atom is -0.481 e. The number of rotatable bonds is 4. The Bertz CT molecular complexity index is 397. The fourth-order valence-corrected chi connectivity index (χ4v) is 1.86. The van der Waals surface area contributed by atoms with E-state index in [1.54, 1.807) is 19.2 Å². The SMILES string of the molecule is CC(C)(C(=O)O)c1nc(CC(=O)O)cs1. The van der Waals surface area contributed by atoms with Crippen LogP contribution in [0.2, 0.25) is 0 Å². The number of aromatic nitrogens is 1. The normalized spacial score (nSPS) is 11.3. The molecule has 0 saturated carbocycles. The first-order valence-electron chi connectivity index (χ1n) is 4.24. The van der Waals surface area contributed by atoms with E-state index >= 15 is 0 Å². The van der Waals surface area contributed by atoms with E-state index in [0.29, 0.717) is 10.7 Å². The lowest BCUT2D eigenvalue weighted by molar-refractivity contribution is -0.142. The van der Waals surface area contributed by atoms with Gasteiger partial charge in [-0.15, -0.1) is 11.3 Å². The zero-order valence-corrected chi connectivity index (χ0v) is 9.17. The summed E-state index contributed by atoms with van der Waals surface area (Å²) in [6.07, 6.45) is -0.174. The van der Waals surface area contributed by atoms with Gasteiger partial charge in [0.15, 0.2) is 0 Å². The van der Waals surface area contributed by atoms with Crippen molar-refractivity contribution in [3.8, 4) is 0 Å². The average molecular weight is 229 g/mol. The van der Waals surface area contributed by atoms with Crippen LogP contribution in [0.4, 0.5) is 0 Å². The lowest BCUT2D eigenvalue weighted by atomic mass is 9.95. The summed E-state index contributed by atoms with van der Waals surface area (Å²) in [5.74, 6) is -1.95. The van der Waals surface area contributed by atoms with Crippen LogP contribution >= 0.6 is 11.3 Å². The molecule has 0 radical (unpaired) electrons. The second-order valence-corrected chi connectivity index (χ2v) is 4.50. The van der Waals surface area contributed by atoms with Gasteiger partial charge in [-0.2, -0.15) is 0 Å². The number of carboxylic acid groups (broad SMARTS) is 2. The zero-order chi connectivity index (χ0) is 11.6. The molecule has 6 heteroatoms. The van der Waals surface area contributed by atoms with E-state index in [0.717, 1.165) is 0 Å². The highest BCUT2D eigenvalue weighted by atomic mass is 32.1. The number of carboxylic acids is 2. The van der Waals surface area contributed by atoms with Crippen molar-refractivity contribution in [1.29, 1.82) is 0 Å². The van der Waals surface area contributed by atoms with E-state index < -0.39 is 17.4 Å². The second kappa shape index (κ2) is 3.98. The fraction of sp³-hybridized carbons (Fsp3) is 0.444. The number of thiazole rings is 1. The van der Waals surface area contributed by atoms with Crippen LogP contribution < -0.4 is 0 Å². The van der Waals surface area contributed by atoms with Crippen LogP contribution in [-0.4, -0.2) is 27.1 Å². The standard InChI is InChI=1S/C9H11NO4S/c1-9(2,8(13)14)7-10-5(4-15-7)3-6(11)12/h4H,3H2,1-2H3,(H,11,12)(H,13,14). The van der Waals surface area contributed by atoms with Gasteiger partial charge in [-0.1, -0.05) is 0 Å². The lowest BCUT2D eigenvalue weighted by Gasteiger charge is -2.14. The minimum atomic E-state index is -1.07. The molecule has 0 spiro atoms. The summed E-state index contributed by atoms with van der Waals surface area (Å²) in [4.78, 5) is 25.3. The molecular formula is C9H11NO4S. The summed E-state index contributed by atoms with van der Waals surface area (Å²) in [6.45, 7) is 3.08. The van der Waals surface area contributed by atoms with Crippen molar-refractivity contribution in [2.45, 2.75) is 25.7 Å². The highest BCUT2D eigenvalue weighted by Gasteiger charge is 2.32. The Morgan fingerprint density at radius 2 is 2.07 bits per heavy atom. The Hall–Kier alpha value is -1.43. The van der Waals surface area contributed by atoms with E-state index in [4.69, 9.17) is 10.2 Å². The highest BCUT2D eigenvalue weighted by Crippen LogP contribution is 2.26. The quantitative estimate of drug-likeness (QED) is 0.808. The van der Waals surface area contributed by atoms with Crippen LogP contribution in [0.15, 0.2) is 5.38 Å². The van der Waals surface area contributed by atoms with Gasteiger partial charge in [0.2, 0.25) is 0 Å². The number of carbonyl (C=O) groups is 2. The first-order chi connectivity index (χ1) is 6.84. The molecule has 0 bridgehead atoms. The molecule has 5 nitrogen and oxygen atoms in total. The maximum absolute atomic E-state index is 10.9. The topological polar surface area (TPSA) is 87.5 Å². The molecule has 0 aliphatic heterocycles. The first kappa shape index (κ1) is 11.6. The molecule has 15 heavy (non-hydrogen) atoms. The Labute approximate surface area is 90.4 Å². The van der Waals surface area contributed by atoms with Crippen LogP contribution in [0.25, 0.3) is 0 Å². The molecule has 0 aliphatic carbocycles. The van der Waals surface area contributed by atoms with E-state index in [1.165, 1.54) is 11.3 Å². The van der Waals surface area contributed by atoms with Gasteiger partial charge in [-0.25, -0.2) is 4.98 Å². The maximum Gasteiger partial charge on any atom is 0.316 e. The van der Waals surface area contributed by atoms with Crippen LogP contribution in [0.3, 0.4) is 0 Å². The molecule has 1 aromatic heterocycles. The molecule has 0 atom stereocenters. The third-order valence-electron chi connectivity index (χ3n) is 1.95. The van der Waals surface area contributed by atoms with Crippen LogP contribution in [0.5, 0.6) is 0 Å². The average Bonchev–Trinajstić information content (AvgIpc) is 2.51. The van der Waals surface area contributed by atoms with Gasteiger partial charge in [0.1, 0.15) is 10.4 Å². The van der Waals surface area contributed by atoms with Crippen molar-refractivity contribution in [2.75, 3.05) is 0 Å². The summed E-state index contributed by atoms with van der Waals surface area (Å²) in [6, 6.07) is 0. The summed E-state index contributed by atoms with van der Waals surface area (Å²) in [5.41, 5.74) is -0.668. The first-order valence-corrected chi connectivity index (χ1v) is 5.12. The minimum absolute atomic E-state index is 0.174. The van der Waals surface area contributed by atoms with Crippen molar-refractivity contribution >= 4 is 23.3 Å². The molecule has 0 aliphatic rings. The van der Waals surface area contributed by atoms with Gasteiger partial charge in [-0.05, 0) is 13.8 Å². The summed E-state index contributed by atoms with van der Waals surface area (Å²) in [5, 5.41) is 19.5. The Morgan fingerprint density at radius 3 is 2.53 bits per heavy atom. The van der Waals surface area contributed by atoms with Crippen molar-refractivity contribution in [3.05, 3.63) is 16.1 Å². The second-order valence-electron chi connectivity index (χ2n) is 3.64. The van der Waals surface area contributed by atoms with Gasteiger partial charge in [0.05, 0.1) is 12.1 Å².